The van der Waals surface area contributed by atoms with E-state index in [2.05, 4.69) is 14.9 Å². The van der Waals surface area contributed by atoms with Gasteiger partial charge in [-0.05, 0) is 50.6 Å². The van der Waals surface area contributed by atoms with Crippen LogP contribution in [-0.4, -0.2) is 46.5 Å². The number of rotatable bonds is 4. The van der Waals surface area contributed by atoms with Crippen molar-refractivity contribution in [2.24, 2.45) is 5.92 Å². The van der Waals surface area contributed by atoms with Gasteiger partial charge in [0.2, 0.25) is 0 Å². The van der Waals surface area contributed by atoms with Crippen LogP contribution in [-0.2, 0) is 0 Å². The van der Waals surface area contributed by atoms with E-state index < -0.39 is 0 Å². The Morgan fingerprint density at radius 1 is 1.06 bits per heavy atom. The number of hydrogen-bond acceptors (Lipinski definition) is 5. The number of aryl methyl sites for hydroxylation is 2. The zero-order valence-electron chi connectivity index (χ0n) is 20.3. The van der Waals surface area contributed by atoms with Crippen LogP contribution in [0.2, 0.25) is 0 Å². The molecule has 2 fully saturated rings. The van der Waals surface area contributed by atoms with E-state index in [1.807, 2.05) is 61.2 Å². The lowest BCUT2D eigenvalue weighted by Gasteiger charge is -2.52. The van der Waals surface area contributed by atoms with E-state index in [-0.39, 0.29) is 17.8 Å². The molecule has 2 aliphatic rings. The summed E-state index contributed by atoms with van der Waals surface area (Å²) in [7, 11) is 0. The molecule has 0 saturated carbocycles. The molecule has 6 nitrogen and oxygen atoms in total. The number of anilines is 1. The molecule has 0 radical (unpaired) electrons. The Morgan fingerprint density at radius 2 is 1.94 bits per heavy atom. The lowest BCUT2D eigenvalue weighted by atomic mass is 9.82. The predicted molar refractivity (Wildman–Crippen MR) is 136 cm³/mol. The molecule has 0 spiro atoms. The van der Waals surface area contributed by atoms with Gasteiger partial charge in [0, 0.05) is 48.4 Å². The van der Waals surface area contributed by atoms with Crippen LogP contribution in [0.1, 0.15) is 28.0 Å². The standard InChI is InChI=1S/C29H27FN4O2/c1-18-9-10-23(25-8-3-4-12-31-25)24(14-18)28(35)33-13-11-21-16-34(26(21)17-33)29-32-19(2)27(36-29)20-6-5-7-22(30)15-20/h3-10,12,14-15,21,26H,11,13,16-17H2,1-2H3/t21-,26-/m0/s1. The van der Waals surface area contributed by atoms with Gasteiger partial charge in [-0.15, -0.1) is 0 Å². The second-order valence-corrected chi connectivity index (χ2v) is 9.70. The van der Waals surface area contributed by atoms with Crippen molar-refractivity contribution in [1.29, 1.82) is 0 Å². The van der Waals surface area contributed by atoms with Gasteiger partial charge in [-0.2, -0.15) is 4.98 Å². The third kappa shape index (κ3) is 3.94. The number of amides is 1. The molecule has 7 heteroatoms. The number of carbonyl (C=O) groups excluding carboxylic acids is 1. The molecule has 0 N–H and O–H groups in total. The van der Waals surface area contributed by atoms with E-state index in [9.17, 15) is 9.18 Å². The van der Waals surface area contributed by atoms with Crippen molar-refractivity contribution >= 4 is 11.9 Å². The normalized spacial score (nSPS) is 19.1. The predicted octanol–water partition coefficient (Wildman–Crippen LogP) is 5.51. The highest BCUT2D eigenvalue weighted by molar-refractivity contribution is 6.00. The van der Waals surface area contributed by atoms with Crippen molar-refractivity contribution in [3.63, 3.8) is 0 Å². The molecular weight excluding hydrogens is 455 g/mol. The number of fused-ring (bicyclic) bond motifs is 1. The van der Waals surface area contributed by atoms with Gasteiger partial charge < -0.3 is 14.2 Å². The van der Waals surface area contributed by atoms with E-state index in [4.69, 9.17) is 4.42 Å². The highest BCUT2D eigenvalue weighted by atomic mass is 19.1. The number of benzene rings is 2. The summed E-state index contributed by atoms with van der Waals surface area (Å²) >= 11 is 0. The zero-order valence-corrected chi connectivity index (χ0v) is 20.3. The molecule has 0 aliphatic carbocycles. The number of likely N-dealkylation sites (tertiary alicyclic amines) is 1. The van der Waals surface area contributed by atoms with Crippen molar-refractivity contribution in [3.05, 3.63) is 89.5 Å². The van der Waals surface area contributed by atoms with Gasteiger partial charge in [-0.25, -0.2) is 4.39 Å². The summed E-state index contributed by atoms with van der Waals surface area (Å²) in [6.07, 6.45) is 2.69. The Kier molecular flexibility index (Phi) is 5.55. The average Bonchev–Trinajstić information content (AvgIpc) is 3.25. The number of hydrogen-bond donors (Lipinski definition) is 0. The van der Waals surface area contributed by atoms with Crippen LogP contribution in [0.3, 0.4) is 0 Å². The van der Waals surface area contributed by atoms with Gasteiger partial charge >= 0.3 is 0 Å². The smallest absolute Gasteiger partial charge is 0.298 e. The van der Waals surface area contributed by atoms with E-state index in [1.54, 1.807) is 12.3 Å². The second-order valence-electron chi connectivity index (χ2n) is 9.70. The second kappa shape index (κ2) is 8.90. The van der Waals surface area contributed by atoms with Gasteiger partial charge in [0.1, 0.15) is 5.82 Å². The summed E-state index contributed by atoms with van der Waals surface area (Å²) in [5.74, 6) is 0.785. The van der Waals surface area contributed by atoms with Crippen LogP contribution in [0.4, 0.5) is 10.4 Å². The van der Waals surface area contributed by atoms with Gasteiger partial charge in [0.25, 0.3) is 11.9 Å². The largest absolute Gasteiger partial charge is 0.423 e. The number of piperidine rings is 1. The van der Waals surface area contributed by atoms with Gasteiger partial charge in [-0.1, -0.05) is 35.9 Å². The van der Waals surface area contributed by atoms with Crippen LogP contribution in [0.5, 0.6) is 0 Å². The van der Waals surface area contributed by atoms with Crippen LogP contribution in [0.15, 0.2) is 71.3 Å². The molecular formula is C29H27FN4O2. The van der Waals surface area contributed by atoms with E-state index in [0.29, 0.717) is 35.4 Å². The molecule has 6 rings (SSSR count). The number of nitrogens with zero attached hydrogens (tertiary/aromatic N) is 4. The van der Waals surface area contributed by atoms with Gasteiger partial charge in [0.15, 0.2) is 5.76 Å². The number of pyridine rings is 1. The fraction of sp³-hybridized carbons (Fsp3) is 0.276. The van der Waals surface area contributed by atoms with Crippen LogP contribution >= 0.6 is 0 Å². The van der Waals surface area contributed by atoms with Crippen LogP contribution < -0.4 is 4.90 Å². The summed E-state index contributed by atoms with van der Waals surface area (Å²) < 4.78 is 19.9. The summed E-state index contributed by atoms with van der Waals surface area (Å²) in [5, 5.41) is 0. The molecule has 2 aromatic carbocycles. The Morgan fingerprint density at radius 3 is 2.75 bits per heavy atom. The van der Waals surface area contributed by atoms with Crippen molar-refractivity contribution < 1.29 is 13.6 Å². The Balaban J connectivity index is 1.24. The molecule has 0 unspecified atom stereocenters. The van der Waals surface area contributed by atoms with Crippen molar-refractivity contribution in [2.45, 2.75) is 26.3 Å². The number of halogens is 1. The molecule has 182 valence electrons. The first-order valence-electron chi connectivity index (χ1n) is 12.3. The molecule has 2 saturated heterocycles. The number of carbonyl (C=O) groups is 1. The minimum Gasteiger partial charge on any atom is -0.423 e. The molecule has 4 heterocycles. The lowest BCUT2D eigenvalue weighted by molar-refractivity contribution is 0.0583. The first kappa shape index (κ1) is 22.5. The maximum atomic E-state index is 13.8. The minimum absolute atomic E-state index is 0.0219. The van der Waals surface area contributed by atoms with E-state index >= 15 is 0 Å². The zero-order chi connectivity index (χ0) is 24.8. The van der Waals surface area contributed by atoms with Gasteiger partial charge in [0.05, 0.1) is 17.4 Å². The maximum Gasteiger partial charge on any atom is 0.298 e. The van der Waals surface area contributed by atoms with Gasteiger partial charge in [-0.3, -0.25) is 9.78 Å². The summed E-state index contributed by atoms with van der Waals surface area (Å²) in [6.45, 7) is 6.05. The third-order valence-corrected chi connectivity index (χ3v) is 7.30. The SMILES string of the molecule is Cc1ccc(-c2ccccn2)c(C(=O)N2CC[C@H]3CN(c4nc(C)c(-c5cccc(F)c5)o4)[C@H]3C2)c1. The molecule has 2 atom stereocenters. The highest BCUT2D eigenvalue weighted by Crippen LogP contribution is 2.39. The Bertz CT molecular complexity index is 1430. The minimum atomic E-state index is -0.309. The fourth-order valence-corrected chi connectivity index (χ4v) is 5.35. The van der Waals surface area contributed by atoms with E-state index in [0.717, 1.165) is 42.0 Å². The summed E-state index contributed by atoms with van der Waals surface area (Å²) in [6, 6.07) is 18.7. The molecule has 2 aromatic heterocycles. The highest BCUT2D eigenvalue weighted by Gasteiger charge is 2.46. The van der Waals surface area contributed by atoms with Crippen LogP contribution in [0, 0.1) is 25.6 Å². The quantitative estimate of drug-likeness (QED) is 0.384. The van der Waals surface area contributed by atoms with E-state index in [1.165, 1.54) is 12.1 Å². The number of oxazole rings is 1. The van der Waals surface area contributed by atoms with Crippen molar-refractivity contribution in [2.75, 3.05) is 24.5 Å². The average molecular weight is 483 g/mol. The van der Waals surface area contributed by atoms with Crippen molar-refractivity contribution in [3.8, 4) is 22.6 Å². The first-order valence-corrected chi connectivity index (χ1v) is 12.3. The fourth-order valence-electron chi connectivity index (χ4n) is 5.35. The molecule has 0 bridgehead atoms. The Labute approximate surface area is 209 Å². The third-order valence-electron chi connectivity index (χ3n) is 7.30. The monoisotopic (exact) mass is 482 g/mol. The summed E-state index contributed by atoms with van der Waals surface area (Å²) in [4.78, 5) is 26.9. The molecule has 4 aromatic rings. The molecule has 2 aliphatic heterocycles. The lowest BCUT2D eigenvalue weighted by Crippen LogP contribution is -2.65. The maximum absolute atomic E-state index is 13.8. The molecule has 1 amide bonds. The van der Waals surface area contributed by atoms with Crippen LogP contribution in [0.25, 0.3) is 22.6 Å². The molecule has 36 heavy (non-hydrogen) atoms. The van der Waals surface area contributed by atoms with Crippen molar-refractivity contribution in [1.82, 2.24) is 14.9 Å². The number of aromatic nitrogens is 2. The Hall–Kier alpha value is -4.00. The summed E-state index contributed by atoms with van der Waals surface area (Å²) in [5.41, 5.74) is 4.76. The first-order chi connectivity index (χ1) is 17.5. The topological polar surface area (TPSA) is 62.5 Å².